The third-order valence-corrected chi connectivity index (χ3v) is 3.68. The molecule has 0 saturated carbocycles. The van der Waals surface area contributed by atoms with E-state index in [1.165, 1.54) is 30.1 Å². The van der Waals surface area contributed by atoms with Crippen LogP contribution in [0.4, 0.5) is 4.39 Å². The van der Waals surface area contributed by atoms with Crippen molar-refractivity contribution in [1.29, 1.82) is 0 Å². The van der Waals surface area contributed by atoms with E-state index in [4.69, 9.17) is 4.74 Å². The standard InChI is InChI=1S/C15H18FN3O2S/c1-10(9-21-2)18-14(20)13-8-17-15(22-3)19(13)12-6-4-11(16)5-7-12/h4-8,10H,9H2,1-3H3,(H,18,20)/t10-/m1/s1. The van der Waals surface area contributed by atoms with E-state index in [0.717, 1.165) is 0 Å². The molecule has 0 spiro atoms. The van der Waals surface area contributed by atoms with E-state index >= 15 is 0 Å². The molecule has 2 aromatic rings. The summed E-state index contributed by atoms with van der Waals surface area (Å²) in [4.78, 5) is 16.7. The first kappa shape index (κ1) is 16.5. The molecule has 0 saturated heterocycles. The van der Waals surface area contributed by atoms with Crippen molar-refractivity contribution in [3.63, 3.8) is 0 Å². The quantitative estimate of drug-likeness (QED) is 0.830. The van der Waals surface area contributed by atoms with Crippen LogP contribution in [0.5, 0.6) is 0 Å². The Balaban J connectivity index is 2.34. The van der Waals surface area contributed by atoms with Gasteiger partial charge in [-0.2, -0.15) is 0 Å². The molecule has 1 N–H and O–H groups in total. The van der Waals surface area contributed by atoms with Crippen molar-refractivity contribution in [2.45, 2.75) is 18.1 Å². The lowest BCUT2D eigenvalue weighted by atomic mass is 10.3. The van der Waals surface area contributed by atoms with Crippen LogP contribution in [-0.4, -0.2) is 41.5 Å². The van der Waals surface area contributed by atoms with Gasteiger partial charge in [0.1, 0.15) is 11.5 Å². The number of carbonyl (C=O) groups is 1. The van der Waals surface area contributed by atoms with Crippen LogP contribution in [0.1, 0.15) is 17.4 Å². The predicted octanol–water partition coefficient (Wildman–Crippen LogP) is 2.50. The zero-order valence-electron chi connectivity index (χ0n) is 12.7. The van der Waals surface area contributed by atoms with Gasteiger partial charge in [0.05, 0.1) is 12.8 Å². The molecule has 0 unspecified atom stereocenters. The average Bonchev–Trinajstić information content (AvgIpc) is 2.92. The predicted molar refractivity (Wildman–Crippen MR) is 84.1 cm³/mol. The van der Waals surface area contributed by atoms with Gasteiger partial charge in [0, 0.05) is 18.8 Å². The van der Waals surface area contributed by atoms with E-state index in [1.54, 1.807) is 23.8 Å². The molecule has 0 aliphatic heterocycles. The molecule has 0 bridgehead atoms. The highest BCUT2D eigenvalue weighted by molar-refractivity contribution is 7.98. The van der Waals surface area contributed by atoms with Crippen molar-refractivity contribution in [2.24, 2.45) is 0 Å². The zero-order chi connectivity index (χ0) is 16.1. The minimum atomic E-state index is -0.325. The number of imidazole rings is 1. The number of nitrogens with one attached hydrogen (secondary N) is 1. The van der Waals surface area contributed by atoms with Crippen LogP contribution in [0.25, 0.3) is 5.69 Å². The number of thioether (sulfide) groups is 1. The molecule has 7 heteroatoms. The number of benzene rings is 1. The second-order valence-electron chi connectivity index (χ2n) is 4.77. The molecule has 22 heavy (non-hydrogen) atoms. The fourth-order valence-electron chi connectivity index (χ4n) is 2.07. The van der Waals surface area contributed by atoms with Crippen LogP contribution in [0.15, 0.2) is 35.6 Å². The number of nitrogens with zero attached hydrogens (tertiary/aromatic N) is 2. The molecular weight excluding hydrogens is 305 g/mol. The van der Waals surface area contributed by atoms with E-state index in [9.17, 15) is 9.18 Å². The first-order valence-electron chi connectivity index (χ1n) is 6.74. The molecule has 1 aromatic carbocycles. The molecule has 0 radical (unpaired) electrons. The first-order chi connectivity index (χ1) is 10.6. The van der Waals surface area contributed by atoms with Crippen LogP contribution >= 0.6 is 11.8 Å². The van der Waals surface area contributed by atoms with E-state index in [0.29, 0.717) is 23.1 Å². The van der Waals surface area contributed by atoms with Crippen molar-refractivity contribution in [3.05, 3.63) is 42.0 Å². The Labute approximate surface area is 132 Å². The summed E-state index contributed by atoms with van der Waals surface area (Å²) in [5, 5.41) is 3.51. The summed E-state index contributed by atoms with van der Waals surface area (Å²) >= 11 is 1.42. The summed E-state index contributed by atoms with van der Waals surface area (Å²) in [7, 11) is 1.58. The summed E-state index contributed by atoms with van der Waals surface area (Å²) < 4.78 is 19.8. The number of methoxy groups -OCH3 is 1. The van der Waals surface area contributed by atoms with E-state index in [-0.39, 0.29) is 17.8 Å². The minimum Gasteiger partial charge on any atom is -0.383 e. The van der Waals surface area contributed by atoms with Gasteiger partial charge in [-0.1, -0.05) is 11.8 Å². The monoisotopic (exact) mass is 323 g/mol. The Morgan fingerprint density at radius 3 is 2.73 bits per heavy atom. The van der Waals surface area contributed by atoms with Crippen LogP contribution in [-0.2, 0) is 4.74 Å². The summed E-state index contributed by atoms with van der Waals surface area (Å²) in [6.07, 6.45) is 3.39. The Morgan fingerprint density at radius 1 is 1.45 bits per heavy atom. The van der Waals surface area contributed by atoms with Crippen LogP contribution in [0, 0.1) is 5.82 Å². The van der Waals surface area contributed by atoms with Crippen molar-refractivity contribution in [2.75, 3.05) is 20.0 Å². The van der Waals surface area contributed by atoms with Gasteiger partial charge in [0.2, 0.25) is 0 Å². The third-order valence-electron chi connectivity index (χ3n) is 3.02. The van der Waals surface area contributed by atoms with Crippen molar-refractivity contribution in [3.8, 4) is 5.69 Å². The van der Waals surface area contributed by atoms with E-state index in [1.807, 2.05) is 13.2 Å². The van der Waals surface area contributed by atoms with Crippen LogP contribution < -0.4 is 5.32 Å². The fraction of sp³-hybridized carbons (Fsp3) is 0.333. The number of halogens is 1. The number of ether oxygens (including phenoxy) is 1. The highest BCUT2D eigenvalue weighted by Crippen LogP contribution is 2.22. The molecule has 1 atom stereocenters. The minimum absolute atomic E-state index is 0.119. The number of hydrogen-bond acceptors (Lipinski definition) is 4. The smallest absolute Gasteiger partial charge is 0.270 e. The maximum absolute atomic E-state index is 13.1. The van der Waals surface area contributed by atoms with Crippen LogP contribution in [0.3, 0.4) is 0 Å². The molecule has 2 rings (SSSR count). The Hall–Kier alpha value is -1.86. The van der Waals surface area contributed by atoms with Gasteiger partial charge in [-0.15, -0.1) is 0 Å². The molecule has 0 aliphatic carbocycles. The molecule has 1 heterocycles. The lowest BCUT2D eigenvalue weighted by Gasteiger charge is -2.15. The second kappa shape index (κ2) is 7.42. The third kappa shape index (κ3) is 3.66. The molecule has 118 valence electrons. The Bertz CT molecular complexity index is 643. The highest BCUT2D eigenvalue weighted by atomic mass is 32.2. The largest absolute Gasteiger partial charge is 0.383 e. The van der Waals surface area contributed by atoms with E-state index < -0.39 is 0 Å². The topological polar surface area (TPSA) is 56.1 Å². The van der Waals surface area contributed by atoms with Crippen molar-refractivity contribution < 1.29 is 13.9 Å². The summed E-state index contributed by atoms with van der Waals surface area (Å²) in [6, 6.07) is 5.83. The molecular formula is C15H18FN3O2S. The number of carbonyl (C=O) groups excluding carboxylic acids is 1. The zero-order valence-corrected chi connectivity index (χ0v) is 13.5. The molecule has 1 aromatic heterocycles. The number of amides is 1. The number of rotatable bonds is 6. The van der Waals surface area contributed by atoms with Gasteiger partial charge in [-0.3, -0.25) is 9.36 Å². The fourth-order valence-corrected chi connectivity index (χ4v) is 2.61. The van der Waals surface area contributed by atoms with Gasteiger partial charge in [-0.05, 0) is 37.4 Å². The van der Waals surface area contributed by atoms with Gasteiger partial charge < -0.3 is 10.1 Å². The van der Waals surface area contributed by atoms with Crippen LogP contribution in [0.2, 0.25) is 0 Å². The number of hydrogen-bond donors (Lipinski definition) is 1. The average molecular weight is 323 g/mol. The normalized spacial score (nSPS) is 12.2. The summed E-state index contributed by atoms with van der Waals surface area (Å²) in [5.41, 5.74) is 1.09. The summed E-state index contributed by atoms with van der Waals surface area (Å²) in [5.74, 6) is -0.573. The Morgan fingerprint density at radius 2 is 2.14 bits per heavy atom. The first-order valence-corrected chi connectivity index (χ1v) is 7.96. The molecule has 1 amide bonds. The molecule has 0 fully saturated rings. The maximum atomic E-state index is 13.1. The summed E-state index contributed by atoms with van der Waals surface area (Å²) in [6.45, 7) is 2.28. The van der Waals surface area contributed by atoms with Gasteiger partial charge in [0.15, 0.2) is 5.16 Å². The second-order valence-corrected chi connectivity index (χ2v) is 5.55. The highest BCUT2D eigenvalue weighted by Gasteiger charge is 2.19. The van der Waals surface area contributed by atoms with E-state index in [2.05, 4.69) is 10.3 Å². The SMILES string of the molecule is COC[C@@H](C)NC(=O)c1cnc(SC)n1-c1ccc(F)cc1. The van der Waals surface area contributed by atoms with Gasteiger partial charge >= 0.3 is 0 Å². The maximum Gasteiger partial charge on any atom is 0.270 e. The van der Waals surface area contributed by atoms with Gasteiger partial charge in [0.25, 0.3) is 5.91 Å². The molecule has 5 nitrogen and oxygen atoms in total. The van der Waals surface area contributed by atoms with Crippen molar-refractivity contribution in [1.82, 2.24) is 14.9 Å². The molecule has 0 aliphatic rings. The lowest BCUT2D eigenvalue weighted by molar-refractivity contribution is 0.0898. The number of aromatic nitrogens is 2. The van der Waals surface area contributed by atoms with Gasteiger partial charge in [-0.25, -0.2) is 9.37 Å². The Kier molecular flexibility index (Phi) is 5.57. The van der Waals surface area contributed by atoms with Crippen molar-refractivity contribution >= 4 is 17.7 Å². The lowest BCUT2D eigenvalue weighted by Crippen LogP contribution is -2.36.